The fourth-order valence-electron chi connectivity index (χ4n) is 4.10. The number of hydrogen-bond donors (Lipinski definition) is 2. The topological polar surface area (TPSA) is 117 Å². The maximum Gasteiger partial charge on any atom is 0.413 e. The number of amides is 2. The van der Waals surface area contributed by atoms with Crippen molar-refractivity contribution in [2.75, 3.05) is 0 Å². The Balaban J connectivity index is 1.30. The Bertz CT molecular complexity index is 1420. The van der Waals surface area contributed by atoms with Crippen molar-refractivity contribution in [3.8, 4) is 11.1 Å². The van der Waals surface area contributed by atoms with Crippen molar-refractivity contribution in [1.82, 2.24) is 5.32 Å². The molecule has 1 fully saturated rings. The highest BCUT2D eigenvalue weighted by Gasteiger charge is 2.51. The van der Waals surface area contributed by atoms with Crippen LogP contribution in [0, 0.1) is 0 Å². The van der Waals surface area contributed by atoms with Gasteiger partial charge in [0.05, 0.1) is 11.0 Å². The van der Waals surface area contributed by atoms with Gasteiger partial charge in [-0.15, -0.1) is 10.2 Å². The second-order valence-corrected chi connectivity index (χ2v) is 8.97. The van der Waals surface area contributed by atoms with E-state index >= 15 is 0 Å². The number of rotatable bonds is 7. The van der Waals surface area contributed by atoms with Crippen molar-refractivity contribution in [3.63, 3.8) is 0 Å². The summed E-state index contributed by atoms with van der Waals surface area (Å²) in [5.74, 6) is -1.36. The van der Waals surface area contributed by atoms with Gasteiger partial charge in [0.1, 0.15) is 6.61 Å². The summed E-state index contributed by atoms with van der Waals surface area (Å²) >= 11 is 6.08. The molecule has 2 N–H and O–H groups in total. The number of benzene rings is 3. The average Bonchev–Trinajstić information content (AvgIpc) is 3.63. The highest BCUT2D eigenvalue weighted by Crippen LogP contribution is 2.48. The van der Waals surface area contributed by atoms with E-state index in [1.54, 1.807) is 36.4 Å². The molecule has 2 aliphatic rings. The van der Waals surface area contributed by atoms with Crippen LogP contribution in [0.5, 0.6) is 0 Å². The predicted octanol–water partition coefficient (Wildman–Crippen LogP) is 5.71. The highest BCUT2D eigenvalue weighted by molar-refractivity contribution is 6.31. The van der Waals surface area contributed by atoms with Crippen LogP contribution in [0.1, 0.15) is 29.5 Å². The first kappa shape index (κ1) is 23.4. The zero-order chi connectivity index (χ0) is 25.3. The third kappa shape index (κ3) is 4.50. The number of nitrogens with zero attached hydrogens (tertiary/aromatic N) is 2. The number of carboxylic acids is 1. The van der Waals surface area contributed by atoms with Gasteiger partial charge >= 0.3 is 12.1 Å². The van der Waals surface area contributed by atoms with Gasteiger partial charge in [0.15, 0.2) is 5.82 Å². The molecule has 1 saturated carbocycles. The van der Waals surface area contributed by atoms with Gasteiger partial charge in [0.25, 0.3) is 5.91 Å². The number of nitrogens with one attached hydrogen (secondary N) is 1. The van der Waals surface area contributed by atoms with Crippen molar-refractivity contribution >= 4 is 35.1 Å². The molecule has 180 valence electrons. The fraction of sp³-hybridized carbons (Fsp3) is 0.148. The summed E-state index contributed by atoms with van der Waals surface area (Å²) < 4.78 is 5.20. The molecule has 8 nitrogen and oxygen atoms in total. The number of aliphatic carboxylic acids is 1. The number of hydrogen-bond acceptors (Lipinski definition) is 5. The lowest BCUT2D eigenvalue weighted by molar-refractivity contribution is -0.140. The Morgan fingerprint density at radius 2 is 1.53 bits per heavy atom. The van der Waals surface area contributed by atoms with E-state index in [1.807, 2.05) is 36.4 Å². The summed E-state index contributed by atoms with van der Waals surface area (Å²) in [6.07, 6.45) is 0.515. The largest absolute Gasteiger partial charge is 0.481 e. The lowest BCUT2D eigenvalue weighted by Gasteiger charge is -2.11. The Morgan fingerprint density at radius 3 is 2.14 bits per heavy atom. The van der Waals surface area contributed by atoms with Gasteiger partial charge in [-0.2, -0.15) is 0 Å². The first-order valence-corrected chi connectivity index (χ1v) is 11.6. The second-order valence-electron chi connectivity index (χ2n) is 8.56. The molecular weight excluding hydrogens is 482 g/mol. The number of carboxylic acid groups (broad SMARTS) is 1. The van der Waals surface area contributed by atoms with E-state index in [2.05, 4.69) is 15.5 Å². The molecule has 1 aliphatic carbocycles. The molecule has 0 unspecified atom stereocenters. The van der Waals surface area contributed by atoms with E-state index in [4.69, 9.17) is 16.3 Å². The zero-order valence-electron chi connectivity index (χ0n) is 18.9. The summed E-state index contributed by atoms with van der Waals surface area (Å²) in [4.78, 5) is 36.2. The van der Waals surface area contributed by atoms with Crippen LogP contribution < -0.4 is 5.32 Å². The minimum absolute atomic E-state index is 0.00432. The smallest absolute Gasteiger partial charge is 0.413 e. The Labute approximate surface area is 211 Å². The first-order chi connectivity index (χ1) is 17.4. The van der Waals surface area contributed by atoms with Crippen molar-refractivity contribution in [2.45, 2.75) is 24.9 Å². The van der Waals surface area contributed by atoms with E-state index in [-0.39, 0.29) is 18.0 Å². The van der Waals surface area contributed by atoms with Gasteiger partial charge in [0.2, 0.25) is 0 Å². The third-order valence-electron chi connectivity index (χ3n) is 6.33. The van der Waals surface area contributed by atoms with Crippen LogP contribution in [0.3, 0.4) is 0 Å². The molecular formula is C27H20ClN3O5. The second kappa shape index (κ2) is 9.39. The maximum atomic E-state index is 12.4. The zero-order valence-corrected chi connectivity index (χ0v) is 19.7. The van der Waals surface area contributed by atoms with Gasteiger partial charge < -0.3 is 9.84 Å². The highest BCUT2D eigenvalue weighted by atomic mass is 35.5. The van der Waals surface area contributed by atoms with Gasteiger partial charge in [-0.25, -0.2) is 4.79 Å². The quantitative estimate of drug-likeness (QED) is 0.430. The van der Waals surface area contributed by atoms with E-state index in [9.17, 15) is 19.5 Å². The number of halogens is 1. The molecule has 0 aromatic heterocycles. The Morgan fingerprint density at radius 1 is 0.917 bits per heavy atom. The van der Waals surface area contributed by atoms with Crippen LogP contribution in [-0.4, -0.2) is 23.1 Å². The minimum Gasteiger partial charge on any atom is -0.481 e. The summed E-state index contributed by atoms with van der Waals surface area (Å²) in [6, 6.07) is 21.6. The minimum atomic E-state index is -0.790. The average molecular weight is 502 g/mol. The van der Waals surface area contributed by atoms with Crippen LogP contribution in [0.15, 0.2) is 88.8 Å². The van der Waals surface area contributed by atoms with Crippen molar-refractivity contribution in [1.29, 1.82) is 0 Å². The first-order valence-electron chi connectivity index (χ1n) is 11.2. The van der Waals surface area contributed by atoms with E-state index in [0.717, 1.165) is 16.7 Å². The Hall–Kier alpha value is -4.30. The molecule has 0 atom stereocenters. The normalized spacial score (nSPS) is 15.6. The number of carbonyl (C=O) groups excluding carboxylic acids is 2. The maximum absolute atomic E-state index is 12.4. The summed E-state index contributed by atoms with van der Waals surface area (Å²) in [7, 11) is 0. The molecule has 0 saturated heterocycles. The van der Waals surface area contributed by atoms with E-state index < -0.39 is 23.4 Å². The molecule has 2 amide bonds. The lowest BCUT2D eigenvalue weighted by Crippen LogP contribution is -2.23. The standard InChI is InChI=1S/C27H20ClN3O5/c28-21-4-2-1-3-19(21)15-36-26(35)29-23-22(24(32)31-30-23)18-7-5-16(6-8-18)17-9-11-20(12-10-17)27(13-14-27)25(33)34/h1-12H,13-15H2,(H,29,35)(H,33,34). The van der Waals surface area contributed by atoms with Crippen LogP contribution in [0.2, 0.25) is 5.02 Å². The summed E-state index contributed by atoms with van der Waals surface area (Å²) in [5.41, 5.74) is 3.19. The molecule has 5 rings (SSSR count). The molecule has 3 aromatic rings. The summed E-state index contributed by atoms with van der Waals surface area (Å²) in [6.45, 7) is -0.0414. The molecule has 1 aliphatic heterocycles. The Kier molecular flexibility index (Phi) is 6.12. The number of carbonyl (C=O) groups is 3. The van der Waals surface area contributed by atoms with Crippen LogP contribution in [0.25, 0.3) is 16.7 Å². The van der Waals surface area contributed by atoms with Crippen molar-refractivity contribution in [2.24, 2.45) is 10.2 Å². The van der Waals surface area contributed by atoms with Gasteiger partial charge in [-0.3, -0.25) is 14.9 Å². The lowest BCUT2D eigenvalue weighted by atomic mass is 9.93. The molecule has 1 heterocycles. The monoisotopic (exact) mass is 501 g/mol. The molecule has 0 spiro atoms. The van der Waals surface area contributed by atoms with Crippen molar-refractivity contribution < 1.29 is 24.2 Å². The third-order valence-corrected chi connectivity index (χ3v) is 6.70. The van der Waals surface area contributed by atoms with Crippen LogP contribution >= 0.6 is 11.6 Å². The van der Waals surface area contributed by atoms with Gasteiger partial charge in [0, 0.05) is 10.6 Å². The van der Waals surface area contributed by atoms with E-state index in [1.165, 1.54) is 0 Å². The molecule has 3 aromatic carbocycles. The molecule has 9 heteroatoms. The van der Waals surface area contributed by atoms with Gasteiger partial charge in [-0.05, 0) is 41.2 Å². The van der Waals surface area contributed by atoms with Crippen LogP contribution in [-0.2, 0) is 26.3 Å². The van der Waals surface area contributed by atoms with E-state index in [0.29, 0.717) is 29.0 Å². The van der Waals surface area contributed by atoms with Crippen LogP contribution in [0.4, 0.5) is 4.79 Å². The van der Waals surface area contributed by atoms with Crippen molar-refractivity contribution in [3.05, 3.63) is 100 Å². The molecule has 36 heavy (non-hydrogen) atoms. The number of azo groups is 1. The fourth-order valence-corrected chi connectivity index (χ4v) is 4.29. The van der Waals surface area contributed by atoms with Gasteiger partial charge in [-0.1, -0.05) is 78.3 Å². The predicted molar refractivity (Wildman–Crippen MR) is 132 cm³/mol. The number of ether oxygens (including phenoxy) is 1. The molecule has 0 radical (unpaired) electrons. The SMILES string of the molecule is O=C(NC1=C(c2ccc(-c3ccc(C4(C(=O)O)CC4)cc3)cc2)C(=O)N=N1)OCc1ccccc1Cl. The molecule has 0 bridgehead atoms. The number of alkyl carbamates (subject to hydrolysis) is 1. The summed E-state index contributed by atoms with van der Waals surface area (Å²) in [5, 5.41) is 19.8.